The molecule has 0 aliphatic rings. The van der Waals surface area contributed by atoms with Crippen LogP contribution in [0, 0.1) is 10.1 Å². The number of benzene rings is 1. The number of hydrogen-bond donors (Lipinski definition) is 0. The van der Waals surface area contributed by atoms with Gasteiger partial charge in [-0.1, -0.05) is 22.0 Å². The third-order valence-corrected chi connectivity index (χ3v) is 2.46. The zero-order valence-corrected chi connectivity index (χ0v) is 9.08. The molecule has 0 N–H and O–H groups in total. The van der Waals surface area contributed by atoms with Crippen molar-refractivity contribution in [3.05, 3.63) is 38.3 Å². The molecule has 0 aliphatic heterocycles. The predicted octanol–water partition coefficient (Wildman–Crippen LogP) is 2.49. The fourth-order valence-corrected chi connectivity index (χ4v) is 1.64. The van der Waals surface area contributed by atoms with Crippen molar-refractivity contribution < 1.29 is 9.72 Å². The first-order valence-electron chi connectivity index (χ1n) is 3.93. The van der Waals surface area contributed by atoms with Gasteiger partial charge >= 0.3 is 0 Å². The van der Waals surface area contributed by atoms with Gasteiger partial charge in [-0.25, -0.2) is 0 Å². The highest BCUT2D eigenvalue weighted by Crippen LogP contribution is 2.26. The van der Waals surface area contributed by atoms with Gasteiger partial charge in [0.25, 0.3) is 5.69 Å². The summed E-state index contributed by atoms with van der Waals surface area (Å²) in [6.07, 6.45) is 0.0811. The van der Waals surface area contributed by atoms with Gasteiger partial charge in [-0.3, -0.25) is 14.9 Å². The van der Waals surface area contributed by atoms with Crippen molar-refractivity contribution in [2.24, 2.45) is 0 Å². The molecule has 0 amide bonds. The Bertz CT molecular complexity index is 390. The van der Waals surface area contributed by atoms with Crippen LogP contribution in [-0.4, -0.2) is 10.7 Å². The predicted molar refractivity (Wildman–Crippen MR) is 55.2 cm³/mol. The molecule has 4 nitrogen and oxygen atoms in total. The Labute approximate surface area is 89.2 Å². The molecule has 5 heteroatoms. The number of carbonyl (C=O) groups excluding carboxylic acids is 1. The van der Waals surface area contributed by atoms with Crippen molar-refractivity contribution in [3.63, 3.8) is 0 Å². The molecule has 0 aliphatic carbocycles. The lowest BCUT2D eigenvalue weighted by atomic mass is 10.1. The number of hydrogen-bond acceptors (Lipinski definition) is 3. The number of halogens is 1. The van der Waals surface area contributed by atoms with Gasteiger partial charge in [0.2, 0.25) is 0 Å². The van der Waals surface area contributed by atoms with Gasteiger partial charge in [-0.15, -0.1) is 0 Å². The Morgan fingerprint density at radius 1 is 1.57 bits per heavy atom. The Hall–Kier alpha value is -1.23. The van der Waals surface area contributed by atoms with E-state index in [0.29, 0.717) is 10.0 Å². The van der Waals surface area contributed by atoms with Crippen molar-refractivity contribution >= 4 is 27.4 Å². The Morgan fingerprint density at radius 3 is 2.71 bits per heavy atom. The lowest BCUT2D eigenvalue weighted by molar-refractivity contribution is -0.385. The lowest BCUT2D eigenvalue weighted by Crippen LogP contribution is -2.02. The maximum atomic E-state index is 10.9. The molecule has 0 unspecified atom stereocenters. The van der Waals surface area contributed by atoms with Gasteiger partial charge in [0.15, 0.2) is 0 Å². The summed E-state index contributed by atoms with van der Waals surface area (Å²) in [7, 11) is 0. The molecule has 0 aromatic heterocycles. The van der Waals surface area contributed by atoms with Crippen molar-refractivity contribution in [1.82, 2.24) is 0 Å². The van der Waals surface area contributed by atoms with Gasteiger partial charge in [-0.2, -0.15) is 0 Å². The van der Waals surface area contributed by atoms with Crippen molar-refractivity contribution in [2.45, 2.75) is 13.3 Å². The maximum Gasteiger partial charge on any atom is 0.274 e. The smallest absolute Gasteiger partial charge is 0.274 e. The molecule has 1 aromatic carbocycles. The maximum absolute atomic E-state index is 10.9. The zero-order chi connectivity index (χ0) is 10.7. The molecule has 1 aromatic rings. The highest BCUT2D eigenvalue weighted by molar-refractivity contribution is 9.10. The van der Waals surface area contributed by atoms with E-state index in [2.05, 4.69) is 15.9 Å². The average Bonchev–Trinajstić information content (AvgIpc) is 2.07. The van der Waals surface area contributed by atoms with Crippen LogP contribution in [0.15, 0.2) is 22.7 Å². The van der Waals surface area contributed by atoms with E-state index >= 15 is 0 Å². The summed E-state index contributed by atoms with van der Waals surface area (Å²) < 4.78 is 0.599. The normalized spacial score (nSPS) is 9.86. The standard InChI is InChI=1S/C9H8BrNO3/c1-6(12)5-7-8(10)3-2-4-9(7)11(13)14/h2-4H,5H2,1H3. The fraction of sp³-hybridized carbons (Fsp3) is 0.222. The van der Waals surface area contributed by atoms with E-state index in [1.807, 2.05) is 0 Å². The van der Waals surface area contributed by atoms with Crippen LogP contribution in [0.3, 0.4) is 0 Å². The van der Waals surface area contributed by atoms with E-state index in [1.54, 1.807) is 12.1 Å². The van der Waals surface area contributed by atoms with E-state index in [4.69, 9.17) is 0 Å². The molecule has 0 bridgehead atoms. The molecule has 0 saturated carbocycles. The minimum atomic E-state index is -0.483. The average molecular weight is 258 g/mol. The highest BCUT2D eigenvalue weighted by Gasteiger charge is 2.16. The van der Waals surface area contributed by atoms with Gasteiger partial charge in [0.1, 0.15) is 5.78 Å². The van der Waals surface area contributed by atoms with Gasteiger partial charge in [-0.05, 0) is 13.0 Å². The van der Waals surface area contributed by atoms with E-state index in [1.165, 1.54) is 13.0 Å². The third kappa shape index (κ3) is 2.38. The third-order valence-electron chi connectivity index (χ3n) is 1.72. The van der Waals surface area contributed by atoms with Crippen molar-refractivity contribution in [2.75, 3.05) is 0 Å². The molecular formula is C9H8BrNO3. The second-order valence-corrected chi connectivity index (χ2v) is 3.73. The Morgan fingerprint density at radius 2 is 2.21 bits per heavy atom. The fourth-order valence-electron chi connectivity index (χ4n) is 1.14. The molecule has 0 atom stereocenters. The molecule has 0 spiro atoms. The molecule has 0 saturated heterocycles. The van der Waals surface area contributed by atoms with E-state index in [9.17, 15) is 14.9 Å². The van der Waals surface area contributed by atoms with E-state index < -0.39 is 4.92 Å². The topological polar surface area (TPSA) is 60.2 Å². The number of carbonyl (C=O) groups is 1. The summed E-state index contributed by atoms with van der Waals surface area (Å²) in [5.74, 6) is -0.0972. The summed E-state index contributed by atoms with van der Waals surface area (Å²) >= 11 is 3.19. The molecule has 74 valence electrons. The van der Waals surface area contributed by atoms with Crippen molar-refractivity contribution in [1.29, 1.82) is 0 Å². The van der Waals surface area contributed by atoms with Crippen LogP contribution in [0.2, 0.25) is 0 Å². The van der Waals surface area contributed by atoms with Crippen LogP contribution in [-0.2, 0) is 11.2 Å². The Balaban J connectivity index is 3.22. The quantitative estimate of drug-likeness (QED) is 0.618. The molecule has 14 heavy (non-hydrogen) atoms. The SMILES string of the molecule is CC(=O)Cc1c(Br)cccc1[N+](=O)[O-]. The zero-order valence-electron chi connectivity index (χ0n) is 7.49. The van der Waals surface area contributed by atoms with Crippen LogP contribution in [0.4, 0.5) is 5.69 Å². The van der Waals surface area contributed by atoms with Crippen LogP contribution in [0.5, 0.6) is 0 Å². The van der Waals surface area contributed by atoms with E-state index in [0.717, 1.165) is 0 Å². The molecule has 0 radical (unpaired) electrons. The highest BCUT2D eigenvalue weighted by atomic mass is 79.9. The lowest BCUT2D eigenvalue weighted by Gasteiger charge is -2.02. The van der Waals surface area contributed by atoms with Gasteiger partial charge < -0.3 is 0 Å². The number of nitro groups is 1. The number of rotatable bonds is 3. The molecule has 0 heterocycles. The van der Waals surface area contributed by atoms with Crippen LogP contribution in [0.1, 0.15) is 12.5 Å². The Kier molecular flexibility index (Phi) is 3.35. The first kappa shape index (κ1) is 10.8. The minimum absolute atomic E-state index is 0.0189. The molecule has 0 fully saturated rings. The number of ketones is 1. The van der Waals surface area contributed by atoms with Crippen LogP contribution < -0.4 is 0 Å². The first-order valence-corrected chi connectivity index (χ1v) is 4.73. The monoisotopic (exact) mass is 257 g/mol. The second-order valence-electron chi connectivity index (χ2n) is 2.87. The van der Waals surface area contributed by atoms with Gasteiger partial charge in [0, 0.05) is 17.0 Å². The molecular weight excluding hydrogens is 250 g/mol. The summed E-state index contributed by atoms with van der Waals surface area (Å²) in [4.78, 5) is 21.0. The summed E-state index contributed by atoms with van der Waals surface area (Å²) in [5.41, 5.74) is 0.416. The van der Waals surface area contributed by atoms with Gasteiger partial charge in [0.05, 0.1) is 10.5 Å². The minimum Gasteiger partial charge on any atom is -0.300 e. The first-order chi connectivity index (χ1) is 6.52. The summed E-state index contributed by atoms with van der Waals surface area (Å²) in [5, 5.41) is 10.6. The molecule has 1 rings (SSSR count). The second kappa shape index (κ2) is 4.32. The summed E-state index contributed by atoms with van der Waals surface area (Å²) in [6, 6.07) is 4.65. The number of Topliss-reactive ketones (excluding diaryl/α,β-unsaturated/α-hetero) is 1. The van der Waals surface area contributed by atoms with E-state index in [-0.39, 0.29) is 17.9 Å². The largest absolute Gasteiger partial charge is 0.300 e. The van der Waals surface area contributed by atoms with Crippen molar-refractivity contribution in [3.8, 4) is 0 Å². The van der Waals surface area contributed by atoms with Crippen LogP contribution in [0.25, 0.3) is 0 Å². The number of nitro benzene ring substituents is 1. The number of nitrogens with zero attached hydrogens (tertiary/aromatic N) is 1. The summed E-state index contributed by atoms with van der Waals surface area (Å²) in [6.45, 7) is 1.41. The van der Waals surface area contributed by atoms with Crippen LogP contribution >= 0.6 is 15.9 Å².